The number of ether oxygens (including phenoxy) is 6. The van der Waals surface area contributed by atoms with Gasteiger partial charge in [0.05, 0.1) is 24.9 Å². The molecule has 3 aliphatic rings. The number of hydrogen-bond donors (Lipinski definition) is 7. The predicted octanol–water partition coefficient (Wildman–Crippen LogP) is -3.55. The minimum Gasteiger partial charge on any atom is -0.394 e. The lowest BCUT2D eigenvalue weighted by Crippen LogP contribution is -2.65. The summed E-state index contributed by atoms with van der Waals surface area (Å²) in [5.41, 5.74) is 0. The third-order valence-electron chi connectivity index (χ3n) is 6.97. The van der Waals surface area contributed by atoms with Gasteiger partial charge in [-0.05, 0) is 19.3 Å². The van der Waals surface area contributed by atoms with Crippen LogP contribution in [0.4, 0.5) is 0 Å². The van der Waals surface area contributed by atoms with Crippen LogP contribution in [-0.4, -0.2) is 142 Å². The van der Waals surface area contributed by atoms with Gasteiger partial charge in [-0.15, -0.1) is 0 Å². The van der Waals surface area contributed by atoms with E-state index in [1.807, 2.05) is 0 Å². The van der Waals surface area contributed by atoms with Gasteiger partial charge in [0, 0.05) is 14.2 Å². The molecule has 0 bridgehead atoms. The van der Waals surface area contributed by atoms with Crippen LogP contribution in [0.1, 0.15) is 20.3 Å². The van der Waals surface area contributed by atoms with Crippen LogP contribution in [0.25, 0.3) is 0 Å². The lowest BCUT2D eigenvalue weighted by molar-refractivity contribution is -0.368. The van der Waals surface area contributed by atoms with Crippen LogP contribution in [0.5, 0.6) is 0 Å². The van der Waals surface area contributed by atoms with Crippen LogP contribution in [0.15, 0.2) is 0 Å². The first-order valence-corrected chi connectivity index (χ1v) is 11.4. The molecule has 2 heterocycles. The third kappa shape index (κ3) is 5.42. The van der Waals surface area contributed by atoms with Crippen molar-refractivity contribution in [3.63, 3.8) is 0 Å². The molecule has 2 aliphatic heterocycles. The van der Waals surface area contributed by atoms with Crippen molar-refractivity contribution in [3.05, 3.63) is 0 Å². The quantitative estimate of drug-likeness (QED) is 0.182. The Morgan fingerprint density at radius 1 is 0.676 bits per heavy atom. The van der Waals surface area contributed by atoms with Crippen LogP contribution in [0, 0.1) is 5.92 Å². The van der Waals surface area contributed by atoms with Crippen LogP contribution >= 0.6 is 0 Å². The van der Waals surface area contributed by atoms with Crippen molar-refractivity contribution < 1.29 is 64.2 Å². The summed E-state index contributed by atoms with van der Waals surface area (Å²) in [4.78, 5) is 0. The smallest absolute Gasteiger partial charge is 0.187 e. The minimum absolute atomic E-state index is 0.205. The molecule has 0 aromatic rings. The molecule has 9 unspecified atom stereocenters. The zero-order valence-electron chi connectivity index (χ0n) is 19.7. The zero-order valence-corrected chi connectivity index (χ0v) is 19.7. The molecule has 0 aromatic carbocycles. The summed E-state index contributed by atoms with van der Waals surface area (Å²) in [6.45, 7) is 2.70. The summed E-state index contributed by atoms with van der Waals surface area (Å²) >= 11 is 0. The largest absolute Gasteiger partial charge is 0.394 e. The van der Waals surface area contributed by atoms with Gasteiger partial charge in [0.15, 0.2) is 12.6 Å². The molecule has 1 saturated carbocycles. The molecule has 200 valence electrons. The number of hydrogen-bond acceptors (Lipinski definition) is 13. The van der Waals surface area contributed by atoms with Crippen molar-refractivity contribution in [1.82, 2.24) is 0 Å². The molecule has 0 radical (unpaired) electrons. The molecule has 3 rings (SSSR count). The summed E-state index contributed by atoms with van der Waals surface area (Å²) in [5, 5.41) is 72.9. The van der Waals surface area contributed by atoms with Gasteiger partial charge in [0.25, 0.3) is 0 Å². The van der Waals surface area contributed by atoms with E-state index in [1.54, 1.807) is 13.8 Å². The third-order valence-corrected chi connectivity index (χ3v) is 6.97. The fourth-order valence-corrected chi connectivity index (χ4v) is 4.92. The molecule has 13 heteroatoms. The lowest BCUT2D eigenvalue weighted by atomic mass is 9.81. The standard InChI is InChI=1S/C21H38O13/c1-7-5-9(12(24)15(27)17(7)29-3)32-18-13(25)10(6-22)33-20(16(18)28)34-19-14(26)11(23)8(2)31-21(19)30-4/h7-28H,5-6H2,1-4H3/t7?,8?,9-,10?,11?,12?,13-,14-,15+,16?,17?,18-,19?,20?,21-/m0/s1. The predicted molar refractivity (Wildman–Crippen MR) is 111 cm³/mol. The topological polar surface area (TPSA) is 197 Å². The normalized spacial score (nSPS) is 52.5. The maximum Gasteiger partial charge on any atom is 0.187 e. The molecular weight excluding hydrogens is 460 g/mol. The number of aliphatic hydroxyl groups is 7. The molecule has 1 aliphatic carbocycles. The highest BCUT2D eigenvalue weighted by Crippen LogP contribution is 2.34. The second kappa shape index (κ2) is 11.7. The molecule has 7 N–H and O–H groups in total. The molecule has 15 atom stereocenters. The zero-order chi connectivity index (χ0) is 25.3. The van der Waals surface area contributed by atoms with Crippen LogP contribution < -0.4 is 0 Å². The van der Waals surface area contributed by atoms with Crippen molar-refractivity contribution in [3.8, 4) is 0 Å². The summed E-state index contributed by atoms with van der Waals surface area (Å²) < 4.78 is 33.0. The van der Waals surface area contributed by atoms with Crippen molar-refractivity contribution in [2.45, 2.75) is 106 Å². The van der Waals surface area contributed by atoms with Crippen LogP contribution in [0.2, 0.25) is 0 Å². The Hall–Kier alpha value is -0.520. The van der Waals surface area contributed by atoms with Gasteiger partial charge in [0.1, 0.15) is 54.9 Å². The van der Waals surface area contributed by atoms with E-state index in [0.717, 1.165) is 0 Å². The maximum atomic E-state index is 10.9. The summed E-state index contributed by atoms with van der Waals surface area (Å²) in [6, 6.07) is 0. The van der Waals surface area contributed by atoms with Gasteiger partial charge >= 0.3 is 0 Å². The monoisotopic (exact) mass is 498 g/mol. The molecule has 0 spiro atoms. The molecule has 2 saturated heterocycles. The Morgan fingerprint density at radius 2 is 1.32 bits per heavy atom. The average Bonchev–Trinajstić information content (AvgIpc) is 2.81. The van der Waals surface area contributed by atoms with E-state index in [2.05, 4.69) is 0 Å². The van der Waals surface area contributed by atoms with Crippen LogP contribution in [0.3, 0.4) is 0 Å². The van der Waals surface area contributed by atoms with E-state index < -0.39 is 92.4 Å². The van der Waals surface area contributed by atoms with Gasteiger partial charge in [-0.1, -0.05) is 6.92 Å². The summed E-state index contributed by atoms with van der Waals surface area (Å²) in [7, 11) is 2.74. The van der Waals surface area contributed by atoms with E-state index in [-0.39, 0.29) is 12.3 Å². The first-order chi connectivity index (χ1) is 16.0. The van der Waals surface area contributed by atoms with E-state index in [0.29, 0.717) is 0 Å². The van der Waals surface area contributed by atoms with Gasteiger partial charge in [-0.2, -0.15) is 0 Å². The fourth-order valence-electron chi connectivity index (χ4n) is 4.92. The molecule has 0 amide bonds. The SMILES string of the molecule is COC1C(C)C[C@H](O[C@@H]2C(O)C(OC3[C@@H](OC)OC(C)C(O)[C@@H]3O)OC(CO)[C@@H]2O)C(O)[C@H]1O. The van der Waals surface area contributed by atoms with Crippen molar-refractivity contribution in [1.29, 1.82) is 0 Å². The first-order valence-electron chi connectivity index (χ1n) is 11.4. The van der Waals surface area contributed by atoms with Gasteiger partial charge in [-0.3, -0.25) is 0 Å². The summed E-state index contributed by atoms with van der Waals surface area (Å²) in [5.74, 6) is -0.205. The van der Waals surface area contributed by atoms with Crippen molar-refractivity contribution in [2.24, 2.45) is 5.92 Å². The van der Waals surface area contributed by atoms with E-state index in [4.69, 9.17) is 28.4 Å². The molecule has 0 aromatic heterocycles. The van der Waals surface area contributed by atoms with E-state index in [9.17, 15) is 35.7 Å². The Balaban J connectivity index is 1.77. The van der Waals surface area contributed by atoms with Crippen LogP contribution in [-0.2, 0) is 28.4 Å². The molecular formula is C21H38O13. The van der Waals surface area contributed by atoms with Gasteiger partial charge in [-0.25, -0.2) is 0 Å². The maximum absolute atomic E-state index is 10.9. The number of aliphatic hydroxyl groups excluding tert-OH is 7. The Morgan fingerprint density at radius 3 is 1.91 bits per heavy atom. The highest BCUT2D eigenvalue weighted by molar-refractivity contribution is 4.97. The summed E-state index contributed by atoms with van der Waals surface area (Å²) in [6.07, 6.45) is -17.1. The molecule has 3 fully saturated rings. The molecule has 34 heavy (non-hydrogen) atoms. The Kier molecular flexibility index (Phi) is 9.64. The minimum atomic E-state index is -1.64. The molecule has 13 nitrogen and oxygen atoms in total. The first kappa shape index (κ1) is 28.1. The highest BCUT2D eigenvalue weighted by Gasteiger charge is 2.52. The van der Waals surface area contributed by atoms with Crippen molar-refractivity contribution in [2.75, 3.05) is 20.8 Å². The van der Waals surface area contributed by atoms with E-state index >= 15 is 0 Å². The lowest BCUT2D eigenvalue weighted by Gasteiger charge is -2.48. The second-order valence-electron chi connectivity index (χ2n) is 9.27. The Labute approximate surface area is 197 Å². The highest BCUT2D eigenvalue weighted by atomic mass is 16.8. The van der Waals surface area contributed by atoms with Gasteiger partial charge < -0.3 is 64.2 Å². The van der Waals surface area contributed by atoms with E-state index in [1.165, 1.54) is 14.2 Å². The Bertz CT molecular complexity index is 638. The fraction of sp³-hybridized carbons (Fsp3) is 1.00. The second-order valence-corrected chi connectivity index (χ2v) is 9.27. The van der Waals surface area contributed by atoms with Crippen molar-refractivity contribution >= 4 is 0 Å². The average molecular weight is 499 g/mol. The number of methoxy groups -OCH3 is 2. The number of rotatable bonds is 7. The van der Waals surface area contributed by atoms with Gasteiger partial charge in [0.2, 0.25) is 0 Å².